The number of anilines is 1. The summed E-state index contributed by atoms with van der Waals surface area (Å²) in [5.74, 6) is 0.522. The molecule has 0 saturated carbocycles. The van der Waals surface area contributed by atoms with Crippen molar-refractivity contribution < 1.29 is 4.74 Å². The Kier molecular flexibility index (Phi) is 3.66. The molecule has 0 radical (unpaired) electrons. The molecule has 0 unspecified atom stereocenters. The molecule has 1 aromatic carbocycles. The molecule has 1 heterocycles. The first-order valence-electron chi connectivity index (χ1n) is 4.80. The van der Waals surface area contributed by atoms with Gasteiger partial charge in [-0.05, 0) is 6.07 Å². The molecule has 0 aliphatic heterocycles. The van der Waals surface area contributed by atoms with Crippen LogP contribution in [0.15, 0.2) is 30.6 Å². The summed E-state index contributed by atoms with van der Waals surface area (Å²) in [6, 6.07) is 5.33. The van der Waals surface area contributed by atoms with Gasteiger partial charge in [0.1, 0.15) is 6.61 Å². The highest BCUT2D eigenvalue weighted by Gasteiger charge is 2.07. The maximum atomic E-state index is 6.02. The molecule has 0 atom stereocenters. The Labute approximate surface area is 108 Å². The zero-order chi connectivity index (χ0) is 12.3. The van der Waals surface area contributed by atoms with Gasteiger partial charge in [0, 0.05) is 18.0 Å². The molecule has 17 heavy (non-hydrogen) atoms. The second kappa shape index (κ2) is 5.21. The van der Waals surface area contributed by atoms with E-state index in [0.717, 1.165) is 5.56 Å². The lowest BCUT2D eigenvalue weighted by Crippen LogP contribution is -2.02. The zero-order valence-electron chi connectivity index (χ0n) is 8.73. The molecule has 6 heteroatoms. The minimum absolute atomic E-state index is 0.238. The largest absolute Gasteiger partial charge is 0.470 e. The van der Waals surface area contributed by atoms with E-state index in [0.29, 0.717) is 10.0 Å². The van der Waals surface area contributed by atoms with Crippen LogP contribution >= 0.6 is 23.2 Å². The topological polar surface area (TPSA) is 61.0 Å². The first-order chi connectivity index (χ1) is 8.18. The van der Waals surface area contributed by atoms with Gasteiger partial charge in [-0.3, -0.25) is 0 Å². The Bertz CT molecular complexity index is 534. The van der Waals surface area contributed by atoms with Gasteiger partial charge in [0.25, 0.3) is 5.88 Å². The van der Waals surface area contributed by atoms with Gasteiger partial charge in [-0.15, -0.1) is 0 Å². The van der Waals surface area contributed by atoms with Crippen LogP contribution in [-0.2, 0) is 6.61 Å². The normalized spacial score (nSPS) is 10.2. The lowest BCUT2D eigenvalue weighted by molar-refractivity contribution is 0.294. The zero-order valence-corrected chi connectivity index (χ0v) is 10.2. The number of aromatic nitrogens is 2. The van der Waals surface area contributed by atoms with Crippen LogP contribution in [0, 0.1) is 0 Å². The minimum atomic E-state index is 0.238. The Balaban J connectivity index is 2.13. The average molecular weight is 270 g/mol. The molecule has 4 nitrogen and oxygen atoms in total. The van der Waals surface area contributed by atoms with Crippen molar-refractivity contribution in [2.75, 3.05) is 5.73 Å². The second-order valence-electron chi connectivity index (χ2n) is 3.25. The molecule has 0 fully saturated rings. The number of hydrogen-bond donors (Lipinski definition) is 1. The van der Waals surface area contributed by atoms with Gasteiger partial charge in [0.15, 0.2) is 5.82 Å². The van der Waals surface area contributed by atoms with Gasteiger partial charge in [-0.1, -0.05) is 35.3 Å². The molecular formula is C11H9Cl2N3O. The first-order valence-corrected chi connectivity index (χ1v) is 5.56. The number of nitrogens with two attached hydrogens (primary N) is 1. The van der Waals surface area contributed by atoms with Gasteiger partial charge >= 0.3 is 0 Å². The SMILES string of the molecule is Nc1nccnc1OCc1cccc(Cl)c1Cl. The van der Waals surface area contributed by atoms with Crippen molar-refractivity contribution in [3.63, 3.8) is 0 Å². The Hall–Kier alpha value is -1.52. The molecule has 0 bridgehead atoms. The number of nitrogen functional groups attached to an aromatic ring is 1. The summed E-state index contributed by atoms with van der Waals surface area (Å²) < 4.78 is 5.42. The molecule has 0 saturated heterocycles. The molecular weight excluding hydrogens is 261 g/mol. The minimum Gasteiger partial charge on any atom is -0.470 e. The number of nitrogens with zero attached hydrogens (tertiary/aromatic N) is 2. The Morgan fingerprint density at radius 1 is 1.18 bits per heavy atom. The summed E-state index contributed by atoms with van der Waals surface area (Å²) in [5, 5.41) is 0.955. The third-order valence-electron chi connectivity index (χ3n) is 2.09. The van der Waals surface area contributed by atoms with Gasteiger partial charge in [-0.2, -0.15) is 0 Å². The summed E-state index contributed by atoms with van der Waals surface area (Å²) in [4.78, 5) is 7.82. The summed E-state index contributed by atoms with van der Waals surface area (Å²) in [6.07, 6.45) is 3.00. The van der Waals surface area contributed by atoms with E-state index in [2.05, 4.69) is 9.97 Å². The molecule has 1 aromatic heterocycles. The molecule has 0 spiro atoms. The summed E-state index contributed by atoms with van der Waals surface area (Å²) in [6.45, 7) is 0.238. The molecule has 2 N–H and O–H groups in total. The summed E-state index contributed by atoms with van der Waals surface area (Å²) in [5.41, 5.74) is 6.36. The molecule has 0 aliphatic carbocycles. The maximum Gasteiger partial charge on any atom is 0.257 e. The van der Waals surface area contributed by atoms with Crippen LogP contribution in [-0.4, -0.2) is 9.97 Å². The number of benzene rings is 1. The van der Waals surface area contributed by atoms with E-state index in [4.69, 9.17) is 33.7 Å². The lowest BCUT2D eigenvalue weighted by Gasteiger charge is -2.08. The second-order valence-corrected chi connectivity index (χ2v) is 4.03. The van der Waals surface area contributed by atoms with Crippen LogP contribution in [0.3, 0.4) is 0 Å². The maximum absolute atomic E-state index is 6.02. The predicted octanol–water partition coefficient (Wildman–Crippen LogP) is 2.94. The molecule has 0 aliphatic rings. The monoisotopic (exact) mass is 269 g/mol. The van der Waals surface area contributed by atoms with E-state index >= 15 is 0 Å². The van der Waals surface area contributed by atoms with Crippen LogP contribution in [0.4, 0.5) is 5.82 Å². The Morgan fingerprint density at radius 2 is 1.94 bits per heavy atom. The smallest absolute Gasteiger partial charge is 0.257 e. The lowest BCUT2D eigenvalue weighted by atomic mass is 10.2. The van der Waals surface area contributed by atoms with Crippen molar-refractivity contribution in [1.82, 2.24) is 9.97 Å². The molecule has 2 rings (SSSR count). The molecule has 88 valence electrons. The predicted molar refractivity (Wildman–Crippen MR) is 67.2 cm³/mol. The van der Waals surface area contributed by atoms with Gasteiger partial charge in [-0.25, -0.2) is 9.97 Å². The quantitative estimate of drug-likeness (QED) is 0.931. The highest BCUT2D eigenvalue weighted by molar-refractivity contribution is 6.42. The van der Waals surface area contributed by atoms with E-state index in [1.807, 2.05) is 6.07 Å². The number of halogens is 2. The number of hydrogen-bond acceptors (Lipinski definition) is 4. The van der Waals surface area contributed by atoms with E-state index < -0.39 is 0 Å². The van der Waals surface area contributed by atoms with Crippen LogP contribution in [0.1, 0.15) is 5.56 Å². The standard InChI is InChI=1S/C11H9Cl2N3O/c12-8-3-1-2-7(9(8)13)6-17-11-10(14)15-4-5-16-11/h1-5H,6H2,(H2,14,15). The average Bonchev–Trinajstić information content (AvgIpc) is 2.33. The van der Waals surface area contributed by atoms with Crippen LogP contribution in [0.5, 0.6) is 5.88 Å². The van der Waals surface area contributed by atoms with Crippen molar-refractivity contribution in [3.05, 3.63) is 46.2 Å². The van der Waals surface area contributed by atoms with E-state index in [1.54, 1.807) is 12.1 Å². The van der Waals surface area contributed by atoms with E-state index in [-0.39, 0.29) is 18.3 Å². The van der Waals surface area contributed by atoms with Gasteiger partial charge in [0.2, 0.25) is 0 Å². The van der Waals surface area contributed by atoms with Gasteiger partial charge in [0.05, 0.1) is 10.0 Å². The Morgan fingerprint density at radius 3 is 2.71 bits per heavy atom. The molecule has 2 aromatic rings. The van der Waals surface area contributed by atoms with E-state index in [1.165, 1.54) is 12.4 Å². The van der Waals surface area contributed by atoms with Gasteiger partial charge < -0.3 is 10.5 Å². The van der Waals surface area contributed by atoms with Crippen molar-refractivity contribution in [2.24, 2.45) is 0 Å². The fourth-order valence-electron chi connectivity index (χ4n) is 1.25. The summed E-state index contributed by atoms with van der Waals surface area (Å²) in [7, 11) is 0. The summed E-state index contributed by atoms with van der Waals surface area (Å²) >= 11 is 11.9. The number of rotatable bonds is 3. The highest BCUT2D eigenvalue weighted by atomic mass is 35.5. The molecule has 0 amide bonds. The fourth-order valence-corrected chi connectivity index (χ4v) is 1.63. The fraction of sp³-hybridized carbons (Fsp3) is 0.0909. The van der Waals surface area contributed by atoms with Crippen molar-refractivity contribution >= 4 is 29.0 Å². The third kappa shape index (κ3) is 2.78. The third-order valence-corrected chi connectivity index (χ3v) is 2.95. The van der Waals surface area contributed by atoms with Crippen LogP contribution in [0.2, 0.25) is 10.0 Å². The number of ether oxygens (including phenoxy) is 1. The van der Waals surface area contributed by atoms with Crippen molar-refractivity contribution in [1.29, 1.82) is 0 Å². The highest BCUT2D eigenvalue weighted by Crippen LogP contribution is 2.26. The first kappa shape index (κ1) is 12.0. The van der Waals surface area contributed by atoms with Crippen LogP contribution < -0.4 is 10.5 Å². The van der Waals surface area contributed by atoms with Crippen molar-refractivity contribution in [2.45, 2.75) is 6.61 Å². The van der Waals surface area contributed by atoms with E-state index in [9.17, 15) is 0 Å². The van der Waals surface area contributed by atoms with Crippen LogP contribution in [0.25, 0.3) is 0 Å². The van der Waals surface area contributed by atoms with Crippen molar-refractivity contribution in [3.8, 4) is 5.88 Å².